The van der Waals surface area contributed by atoms with Crippen LogP contribution in [0.5, 0.6) is 0 Å². The van der Waals surface area contributed by atoms with Crippen LogP contribution in [0.4, 0.5) is 11.4 Å². The number of nitrogen functional groups attached to an aromatic ring is 1. The van der Waals surface area contributed by atoms with Crippen LogP contribution < -0.4 is 11.1 Å². The molecule has 0 radical (unpaired) electrons. The Hall–Kier alpha value is -2.53. The lowest BCUT2D eigenvalue weighted by molar-refractivity contribution is 0.0696. The highest BCUT2D eigenvalue weighted by molar-refractivity contribution is 6.34. The first-order chi connectivity index (χ1) is 10.4. The molecular formula is C16H15ClN2O3. The number of rotatable bonds is 4. The Bertz CT molecular complexity index is 744. The predicted molar refractivity (Wildman–Crippen MR) is 86.6 cm³/mol. The van der Waals surface area contributed by atoms with Gasteiger partial charge in [-0.3, -0.25) is 4.79 Å². The van der Waals surface area contributed by atoms with Crippen LogP contribution in [0.1, 0.15) is 33.2 Å². The number of anilines is 2. The summed E-state index contributed by atoms with van der Waals surface area (Å²) in [5.41, 5.74) is 7.41. The number of benzene rings is 2. The minimum absolute atomic E-state index is 0.0441. The lowest BCUT2D eigenvalue weighted by atomic mass is 10.1. The number of nitrogens with one attached hydrogen (secondary N) is 1. The molecule has 5 nitrogen and oxygen atoms in total. The second-order valence-corrected chi connectivity index (χ2v) is 5.07. The minimum atomic E-state index is -1.14. The first-order valence-electron chi connectivity index (χ1n) is 6.65. The zero-order chi connectivity index (χ0) is 16.3. The van der Waals surface area contributed by atoms with Gasteiger partial charge in [-0.05, 0) is 36.2 Å². The topological polar surface area (TPSA) is 92.4 Å². The van der Waals surface area contributed by atoms with E-state index in [-0.39, 0.29) is 10.6 Å². The lowest BCUT2D eigenvalue weighted by Crippen LogP contribution is -2.15. The van der Waals surface area contributed by atoms with E-state index in [1.54, 1.807) is 30.3 Å². The van der Waals surface area contributed by atoms with Crippen LogP contribution in [-0.4, -0.2) is 17.0 Å². The van der Waals surface area contributed by atoms with Gasteiger partial charge in [0.1, 0.15) is 0 Å². The van der Waals surface area contributed by atoms with E-state index in [9.17, 15) is 14.7 Å². The fourth-order valence-corrected chi connectivity index (χ4v) is 2.40. The van der Waals surface area contributed by atoms with E-state index in [1.165, 1.54) is 6.07 Å². The maximum Gasteiger partial charge on any atom is 0.337 e. The van der Waals surface area contributed by atoms with E-state index in [1.807, 2.05) is 6.92 Å². The molecule has 2 aromatic carbocycles. The Kier molecular flexibility index (Phi) is 4.68. The molecule has 2 rings (SSSR count). The number of carbonyl (C=O) groups is 2. The number of hydrogen-bond acceptors (Lipinski definition) is 3. The molecule has 1 amide bonds. The summed E-state index contributed by atoms with van der Waals surface area (Å²) in [4.78, 5) is 23.5. The van der Waals surface area contributed by atoms with E-state index in [0.29, 0.717) is 28.9 Å². The fraction of sp³-hybridized carbons (Fsp3) is 0.125. The van der Waals surface area contributed by atoms with Crippen molar-refractivity contribution < 1.29 is 14.7 Å². The van der Waals surface area contributed by atoms with E-state index in [4.69, 9.17) is 17.3 Å². The van der Waals surface area contributed by atoms with Crippen molar-refractivity contribution in [3.05, 3.63) is 58.1 Å². The molecule has 114 valence electrons. The van der Waals surface area contributed by atoms with Crippen molar-refractivity contribution >= 4 is 34.9 Å². The van der Waals surface area contributed by atoms with Crippen molar-refractivity contribution in [1.82, 2.24) is 0 Å². The average molecular weight is 319 g/mol. The molecule has 0 atom stereocenters. The van der Waals surface area contributed by atoms with Crippen molar-refractivity contribution in [2.45, 2.75) is 13.3 Å². The summed E-state index contributed by atoms with van der Waals surface area (Å²) in [6.45, 7) is 1.85. The van der Waals surface area contributed by atoms with Crippen molar-refractivity contribution in [3.8, 4) is 0 Å². The van der Waals surface area contributed by atoms with Crippen LogP contribution in [0.2, 0.25) is 5.02 Å². The summed E-state index contributed by atoms with van der Waals surface area (Å²) < 4.78 is 0. The number of carbonyl (C=O) groups excluding carboxylic acids is 1. The molecule has 0 saturated heterocycles. The highest BCUT2D eigenvalue weighted by atomic mass is 35.5. The number of carboxylic acids is 1. The normalized spacial score (nSPS) is 10.3. The number of amides is 1. The monoisotopic (exact) mass is 318 g/mol. The first-order valence-corrected chi connectivity index (χ1v) is 7.03. The summed E-state index contributed by atoms with van der Waals surface area (Å²) in [6, 6.07) is 9.64. The zero-order valence-corrected chi connectivity index (χ0v) is 12.6. The van der Waals surface area contributed by atoms with E-state index in [2.05, 4.69) is 5.32 Å². The smallest absolute Gasteiger partial charge is 0.337 e. The van der Waals surface area contributed by atoms with Crippen LogP contribution in [-0.2, 0) is 6.42 Å². The molecule has 2 aromatic rings. The number of aromatic carboxylic acids is 1. The van der Waals surface area contributed by atoms with Crippen molar-refractivity contribution in [3.63, 3.8) is 0 Å². The number of nitrogens with two attached hydrogens (primary N) is 1. The van der Waals surface area contributed by atoms with Crippen molar-refractivity contribution in [2.75, 3.05) is 11.1 Å². The van der Waals surface area contributed by atoms with E-state index in [0.717, 1.165) is 0 Å². The summed E-state index contributed by atoms with van der Waals surface area (Å²) in [7, 11) is 0. The lowest BCUT2D eigenvalue weighted by Gasteiger charge is -2.11. The van der Waals surface area contributed by atoms with Gasteiger partial charge in [0.25, 0.3) is 5.91 Å². The molecular weight excluding hydrogens is 304 g/mol. The molecule has 0 unspecified atom stereocenters. The standard InChI is InChI=1S/C16H15ClN2O3/c1-2-9-7-10(8-12(14(9)17)16(21)22)19-15(20)11-5-3-4-6-13(11)18/h3-8H,2,18H2,1H3,(H,19,20)(H,21,22). The summed E-state index contributed by atoms with van der Waals surface area (Å²) >= 11 is 6.04. The van der Waals surface area contributed by atoms with Crippen LogP contribution in [0.3, 0.4) is 0 Å². The number of halogens is 1. The number of hydrogen-bond donors (Lipinski definition) is 3. The molecule has 0 aromatic heterocycles. The largest absolute Gasteiger partial charge is 0.478 e. The van der Waals surface area contributed by atoms with Crippen molar-refractivity contribution in [2.24, 2.45) is 0 Å². The van der Waals surface area contributed by atoms with Gasteiger partial charge in [0.15, 0.2) is 0 Å². The summed E-state index contributed by atoms with van der Waals surface area (Å²) in [5, 5.41) is 12.0. The van der Waals surface area contributed by atoms with Crippen LogP contribution >= 0.6 is 11.6 Å². The number of aryl methyl sites for hydroxylation is 1. The molecule has 22 heavy (non-hydrogen) atoms. The molecule has 0 fully saturated rings. The first kappa shape index (κ1) is 15.9. The molecule has 0 aliphatic carbocycles. The highest BCUT2D eigenvalue weighted by Gasteiger charge is 2.16. The van der Waals surface area contributed by atoms with Crippen LogP contribution in [0, 0.1) is 0 Å². The Morgan fingerprint density at radius 2 is 1.91 bits per heavy atom. The van der Waals surface area contributed by atoms with Gasteiger partial charge >= 0.3 is 5.97 Å². The maximum absolute atomic E-state index is 12.2. The molecule has 0 aliphatic heterocycles. The molecule has 4 N–H and O–H groups in total. The molecule has 0 aliphatic rings. The van der Waals surface area contributed by atoms with Crippen LogP contribution in [0.15, 0.2) is 36.4 Å². The van der Waals surface area contributed by atoms with Crippen LogP contribution in [0.25, 0.3) is 0 Å². The summed E-state index contributed by atoms with van der Waals surface area (Å²) in [5.74, 6) is -1.55. The Labute approximate surface area is 132 Å². The van der Waals surface area contributed by atoms with Gasteiger partial charge in [0, 0.05) is 11.4 Å². The summed E-state index contributed by atoms with van der Waals surface area (Å²) in [6.07, 6.45) is 0.552. The van der Waals surface area contributed by atoms with Gasteiger partial charge < -0.3 is 16.2 Å². The van der Waals surface area contributed by atoms with Gasteiger partial charge in [-0.25, -0.2) is 4.79 Å². The van der Waals surface area contributed by atoms with Gasteiger partial charge in [0.05, 0.1) is 16.1 Å². The van der Waals surface area contributed by atoms with E-state index < -0.39 is 11.9 Å². The fourth-order valence-electron chi connectivity index (χ4n) is 2.07. The molecule has 0 spiro atoms. The zero-order valence-electron chi connectivity index (χ0n) is 11.9. The van der Waals surface area contributed by atoms with Crippen molar-refractivity contribution in [1.29, 1.82) is 0 Å². The minimum Gasteiger partial charge on any atom is -0.478 e. The third-order valence-electron chi connectivity index (χ3n) is 3.22. The predicted octanol–water partition coefficient (Wildman–Crippen LogP) is 3.44. The highest BCUT2D eigenvalue weighted by Crippen LogP contribution is 2.27. The number of para-hydroxylation sites is 1. The van der Waals surface area contributed by atoms with Gasteiger partial charge in [-0.2, -0.15) is 0 Å². The molecule has 0 saturated carbocycles. The van der Waals surface area contributed by atoms with Gasteiger partial charge in [-0.1, -0.05) is 30.7 Å². The SMILES string of the molecule is CCc1cc(NC(=O)c2ccccc2N)cc(C(=O)O)c1Cl. The Morgan fingerprint density at radius 1 is 1.23 bits per heavy atom. The second-order valence-electron chi connectivity index (χ2n) is 4.70. The van der Waals surface area contributed by atoms with Gasteiger partial charge in [-0.15, -0.1) is 0 Å². The third kappa shape index (κ3) is 3.20. The number of carboxylic acid groups (broad SMARTS) is 1. The third-order valence-corrected chi connectivity index (χ3v) is 3.67. The molecule has 0 bridgehead atoms. The van der Waals surface area contributed by atoms with Gasteiger partial charge in [0.2, 0.25) is 0 Å². The molecule has 0 heterocycles. The maximum atomic E-state index is 12.2. The Morgan fingerprint density at radius 3 is 2.50 bits per heavy atom. The Balaban J connectivity index is 2.38. The molecule has 6 heteroatoms. The quantitative estimate of drug-likeness (QED) is 0.753. The second kappa shape index (κ2) is 6.49. The van der Waals surface area contributed by atoms with E-state index >= 15 is 0 Å². The average Bonchev–Trinajstić information content (AvgIpc) is 2.48.